The van der Waals surface area contributed by atoms with E-state index in [0.717, 1.165) is 25.6 Å². The number of aliphatic hydroxyl groups is 2. The maximum absolute atomic E-state index is 16.2. The summed E-state index contributed by atoms with van der Waals surface area (Å²) in [6.07, 6.45) is -13.4. The molecule has 0 aromatic heterocycles. The van der Waals surface area contributed by atoms with Gasteiger partial charge in [-0.05, 0) is 145 Å². The molecule has 0 unspecified atom stereocenters. The molecule has 1 heterocycles. The Kier molecular flexibility index (Phi) is 46.3. The molecule has 3 aromatic carbocycles. The summed E-state index contributed by atoms with van der Waals surface area (Å²) in [5.41, 5.74) is 35.9. The molecule has 3 aromatic rings. The lowest BCUT2D eigenvalue weighted by molar-refractivity contribution is -0.346. The number of amides is 9. The van der Waals surface area contributed by atoms with Crippen LogP contribution in [0.4, 0.5) is 0 Å². The van der Waals surface area contributed by atoms with Crippen LogP contribution in [-0.4, -0.2) is 295 Å². The van der Waals surface area contributed by atoms with Crippen molar-refractivity contribution in [1.82, 2.24) is 79.8 Å². The van der Waals surface area contributed by atoms with E-state index in [1.54, 1.807) is 42.5 Å². The summed E-state index contributed by atoms with van der Waals surface area (Å²) in [4.78, 5) is 220. The van der Waals surface area contributed by atoms with E-state index in [4.69, 9.17) is 112 Å². The molecule has 0 spiro atoms. The Morgan fingerprint density at radius 2 is 0.832 bits per heavy atom. The zero-order valence-corrected chi connectivity index (χ0v) is 85.1. The Bertz CT molecular complexity index is 5330. The smallest absolute Gasteiger partial charge is 0.350 e. The first-order chi connectivity index (χ1) is 70.4. The number of carbonyl (C=O) groups is 15. The van der Waals surface area contributed by atoms with Crippen LogP contribution >= 0.6 is 11.8 Å². The van der Waals surface area contributed by atoms with E-state index in [1.807, 2.05) is 0 Å². The quantitative estimate of drug-likeness (QED) is 0.00631. The van der Waals surface area contributed by atoms with E-state index in [0.29, 0.717) is 0 Å². The van der Waals surface area contributed by atoms with Gasteiger partial charge < -0.3 is 164 Å². The molecule has 2 saturated carbocycles. The zero-order chi connectivity index (χ0) is 110. The lowest BCUT2D eigenvalue weighted by atomic mass is 9.44. The van der Waals surface area contributed by atoms with Crippen LogP contribution in [0.15, 0.2) is 102 Å². The number of hydrogen-bond acceptors (Lipinski definition) is 31. The Balaban J connectivity index is 1.19. The predicted molar refractivity (Wildman–Crippen MR) is 545 cm³/mol. The molecule has 19 atom stereocenters. The summed E-state index contributed by atoms with van der Waals surface area (Å²) < 4.78 is 37.5. The average Bonchev–Trinajstić information content (AvgIpc) is 0.665. The minimum Gasteiger partial charge on any atom is -0.455 e. The molecule has 3 fully saturated rings. The van der Waals surface area contributed by atoms with Crippen LogP contribution < -0.4 is 126 Å². The van der Waals surface area contributed by atoms with Crippen LogP contribution in [0.25, 0.3) is 0 Å². The number of rotatable bonds is 58. The number of nitrogens with two attached hydrogens (primary N) is 8. The fraction of sp³-hybridized carbons (Fsp3) is 0.558. The number of Topliss-reactive ketones (excluding diaryl/α,β-unsaturated/α-hetero) is 1. The highest BCUT2D eigenvalue weighted by molar-refractivity contribution is 7.99. The summed E-state index contributed by atoms with van der Waals surface area (Å²) in [6.45, 7) is 8.66. The number of ketones is 1. The van der Waals surface area contributed by atoms with Crippen molar-refractivity contribution in [2.45, 2.75) is 247 Å². The molecule has 40 N–H and O–H groups in total. The topological polar surface area (TPSA) is 907 Å². The molecule has 53 nitrogen and oxygen atoms in total. The second-order valence-corrected chi connectivity index (χ2v) is 38.5. The number of nitrogens with one attached hydrogen (secondary N) is 22. The van der Waals surface area contributed by atoms with E-state index in [2.05, 4.69) is 79.8 Å². The molecule has 2 bridgehead atoms. The molecule has 3 aliphatic carbocycles. The van der Waals surface area contributed by atoms with Gasteiger partial charge in [0.2, 0.25) is 53.4 Å². The van der Waals surface area contributed by atoms with Gasteiger partial charge in [-0.3, -0.25) is 100 Å². The van der Waals surface area contributed by atoms with E-state index in [1.165, 1.54) is 83.1 Å². The number of hydrogen-bond donors (Lipinski definition) is 32. The molecule has 54 heteroatoms. The number of thioether (sulfide) groups is 1. The normalized spacial score (nSPS) is 21.1. The van der Waals surface area contributed by atoms with Crippen molar-refractivity contribution in [3.8, 4) is 0 Å². The molecule has 1 aliphatic heterocycles. The van der Waals surface area contributed by atoms with E-state index < -0.39 is 262 Å². The predicted octanol–water partition coefficient (Wildman–Crippen LogP) is -4.62. The molecule has 9 amide bonds. The number of esters is 5. The third kappa shape index (κ3) is 35.0. The lowest BCUT2D eigenvalue weighted by Gasteiger charge is -2.67. The highest BCUT2D eigenvalue weighted by atomic mass is 32.2. The number of guanidine groups is 7. The largest absolute Gasteiger partial charge is 0.455 e. The van der Waals surface area contributed by atoms with Gasteiger partial charge in [-0.2, -0.15) is 0 Å². The second kappa shape index (κ2) is 57.2. The van der Waals surface area contributed by atoms with Crippen molar-refractivity contribution in [2.24, 2.45) is 68.5 Å². The Labute approximate surface area is 865 Å². The summed E-state index contributed by atoms with van der Waals surface area (Å²) in [7, 11) is 0. The number of aliphatic hydroxyl groups excluding tert-OH is 1. The van der Waals surface area contributed by atoms with Crippen molar-refractivity contribution in [1.29, 1.82) is 37.9 Å². The summed E-state index contributed by atoms with van der Waals surface area (Å²) in [6, 6.07) is 10.5. The molecule has 0 radical (unpaired) electrons. The van der Waals surface area contributed by atoms with Gasteiger partial charge in [-0.15, -0.1) is 11.8 Å². The van der Waals surface area contributed by atoms with Crippen LogP contribution in [0.1, 0.15) is 184 Å². The van der Waals surface area contributed by atoms with Crippen molar-refractivity contribution in [3.63, 3.8) is 0 Å². The summed E-state index contributed by atoms with van der Waals surface area (Å²) in [5, 5.41) is 120. The van der Waals surface area contributed by atoms with Crippen LogP contribution in [-0.2, 0) is 90.8 Å². The summed E-state index contributed by atoms with van der Waals surface area (Å²) >= 11 is 0.802. The van der Waals surface area contributed by atoms with Gasteiger partial charge in [0.1, 0.15) is 72.2 Å². The number of carbonyl (C=O) groups excluding carboxylic acids is 15. The van der Waals surface area contributed by atoms with Crippen molar-refractivity contribution >= 4 is 142 Å². The van der Waals surface area contributed by atoms with Crippen LogP contribution in [0, 0.1) is 60.5 Å². The minimum atomic E-state index is -2.65. The first-order valence-electron chi connectivity index (χ1n) is 48.6. The maximum atomic E-state index is 16.2. The van der Waals surface area contributed by atoms with E-state index in [9.17, 15) is 58.2 Å². The Morgan fingerprint density at radius 3 is 1.18 bits per heavy atom. The Hall–Kier alpha value is -15.2. The first-order valence-corrected chi connectivity index (χ1v) is 49.8. The third-order valence-corrected chi connectivity index (χ3v) is 27.3. The Morgan fingerprint density at radius 1 is 0.477 bits per heavy atom. The van der Waals surface area contributed by atoms with Gasteiger partial charge in [-0.1, -0.05) is 87.5 Å². The molecule has 7 rings (SSSR count). The number of fused-ring (bicyclic) bond motifs is 5. The van der Waals surface area contributed by atoms with E-state index in [-0.39, 0.29) is 182 Å². The van der Waals surface area contributed by atoms with Crippen molar-refractivity contribution in [3.05, 3.63) is 119 Å². The molecular formula is C95H144N30O23S. The standard InChI is InChI=1S/C95H144N30O23S/c1-49(46-149-47-66(129)146-70(68(53-24-11-8-12-25-53)125-76(133)54-26-13-9-14-27-54)84(141)145-63-45-95(142)73(147-83(140)55-28-15-10-16-29-55)71-93(7,64(128)44-65-94(71,48-143-65)148-52(4)127)72(130)69(144-51(3)126)67(50(63)2)92(95,5)6)75(132)119-57(31-18-38-112-86(99)100)78(135)121-59(33-20-40-114-88(103)104)80(137)123-61(35-22-42-116-90(107)108)82(139)124-62(36-23-43-117-91(109)110)81(138)122-60(34-21-41-115-89(105)106)79(136)120-58(32-19-39-113-87(101)102)77(134)118-56(74(96)131)30-17-37-111-85(97)98/h8-16,24-29,49,56-65,68-71,73,128,142H,17-23,30-48H2,1-7H3,(H2,96,131)(H,118,134)(H,119,132)(H,120,136)(H,121,135)(H,122,138)(H,123,137)(H,124,139)(H,125,133)(H4,97,98,111)(H4,99,100,112)(H4,101,102,113)(H4,103,104,114)(H4,105,106,115)(H4,107,108,116)(H4,109,110,117)/t49-,56+,57+,58+,59+,60+,61+,62+,63-,64-,65+,68-,69+,70+,71-,73-,93+,94-,95+/m0/s1. The fourth-order valence-electron chi connectivity index (χ4n) is 18.4. The molecule has 1 saturated heterocycles. The SMILES string of the molecule is CC(=O)O[C@H]1C(=O)[C@@]2(C)[C@H]([C@H](OC(=O)c3ccccc3)[C@]3(O)C[C@H](OC(=O)[C@H](OC(=O)CSC[C@H](C)C(=O)N[C@H](CCCNC(=N)N)C(=O)N[C@H](CCCNC(=N)N)C(=O)N[C@H](CCCNC(=N)N)C(=O)N[C@H](CCCNC(=N)N)C(=O)N[C@H](CCCNC(=N)N)C(=O)N[C@H](CCCNC(=N)N)C(=O)N[C@H](CCCNC(=N)N)C(N)=O)[C@@H](NC(=O)c4ccccc4)c4ccccc4)C(C)=C1C3(C)C)[C@]1(OC(C)=O)CO[C@@H]1C[C@@H]2O. The lowest BCUT2D eigenvalue weighted by Crippen LogP contribution is -2.82. The van der Waals surface area contributed by atoms with Gasteiger partial charge in [0.25, 0.3) is 5.91 Å². The van der Waals surface area contributed by atoms with Gasteiger partial charge in [-0.25, -0.2) is 9.59 Å². The fourth-order valence-corrected chi connectivity index (χ4v) is 19.3. The van der Waals surface area contributed by atoms with Gasteiger partial charge in [0.15, 0.2) is 59.2 Å². The number of benzene rings is 3. The summed E-state index contributed by atoms with van der Waals surface area (Å²) in [5.74, 6) is -22.0. The first kappa shape index (κ1) is 121. The minimum absolute atomic E-state index is 0.0128. The van der Waals surface area contributed by atoms with Gasteiger partial charge >= 0.3 is 29.8 Å². The van der Waals surface area contributed by atoms with Crippen LogP contribution in [0.2, 0.25) is 0 Å². The number of ether oxygens (including phenoxy) is 6. The molecule has 818 valence electrons. The van der Waals surface area contributed by atoms with E-state index >= 15 is 24.0 Å². The maximum Gasteiger partial charge on any atom is 0.350 e. The molecular weight excluding hydrogens is 1960 g/mol. The molecule has 149 heavy (non-hydrogen) atoms. The highest BCUT2D eigenvalue weighted by Gasteiger charge is 2.78. The highest BCUT2D eigenvalue weighted by Crippen LogP contribution is 2.65. The average molecular weight is 2110 g/mol. The van der Waals surface area contributed by atoms with Gasteiger partial charge in [0, 0.05) is 95.2 Å². The monoisotopic (exact) mass is 2110 g/mol. The third-order valence-electron chi connectivity index (χ3n) is 26.1. The van der Waals surface area contributed by atoms with Crippen LogP contribution in [0.3, 0.4) is 0 Å². The number of primary amides is 1. The molecule has 4 aliphatic rings. The van der Waals surface area contributed by atoms with Gasteiger partial charge in [0.05, 0.1) is 35.4 Å². The van der Waals surface area contributed by atoms with Crippen molar-refractivity contribution in [2.75, 3.05) is 63.9 Å². The van der Waals surface area contributed by atoms with Crippen molar-refractivity contribution < 1.29 is 111 Å². The van der Waals surface area contributed by atoms with Crippen LogP contribution in [0.5, 0.6) is 0 Å². The zero-order valence-electron chi connectivity index (χ0n) is 84.3. The second-order valence-electron chi connectivity index (χ2n) is 37.4.